The fourth-order valence-corrected chi connectivity index (χ4v) is 6.95. The van der Waals surface area contributed by atoms with Crippen LogP contribution < -0.4 is 5.73 Å². The van der Waals surface area contributed by atoms with E-state index in [9.17, 15) is 0 Å². The summed E-state index contributed by atoms with van der Waals surface area (Å²) in [6.07, 6.45) is 0. The molecular formula is C49H35N3O. The van der Waals surface area contributed by atoms with Gasteiger partial charge in [-0.2, -0.15) is 0 Å². The number of fused-ring (bicyclic) bond motifs is 4. The van der Waals surface area contributed by atoms with Gasteiger partial charge in [-0.1, -0.05) is 170 Å². The zero-order valence-corrected chi connectivity index (χ0v) is 28.6. The summed E-state index contributed by atoms with van der Waals surface area (Å²) in [4.78, 5) is 10.1. The fraction of sp³-hybridized carbons (Fsp3) is 0.0204. The van der Waals surface area contributed by atoms with Gasteiger partial charge in [0, 0.05) is 21.9 Å². The summed E-state index contributed by atoms with van der Waals surface area (Å²) < 4.78 is 48.7. The summed E-state index contributed by atoms with van der Waals surface area (Å²) in [5.41, 5.74) is 14.9. The van der Waals surface area contributed by atoms with Gasteiger partial charge < -0.3 is 10.2 Å². The van der Waals surface area contributed by atoms with Crippen LogP contribution in [0.15, 0.2) is 202 Å². The number of hydrogen-bond donors (Lipinski definition) is 1. The Labute approximate surface area is 315 Å². The van der Waals surface area contributed by atoms with Gasteiger partial charge in [0.2, 0.25) is 0 Å². The molecule has 0 saturated heterocycles. The first-order chi connectivity index (χ1) is 28.3. The molecule has 0 unspecified atom stereocenters. The molecule has 0 radical (unpaired) electrons. The van der Waals surface area contributed by atoms with Crippen molar-refractivity contribution in [3.8, 4) is 33.4 Å². The Kier molecular flexibility index (Phi) is 7.03. The van der Waals surface area contributed by atoms with Crippen molar-refractivity contribution in [3.05, 3.63) is 205 Å². The van der Waals surface area contributed by atoms with Crippen LogP contribution in [-0.2, 0) is 6.54 Å². The number of furan rings is 1. The lowest BCUT2D eigenvalue weighted by atomic mass is 9.92. The quantitative estimate of drug-likeness (QED) is 0.134. The van der Waals surface area contributed by atoms with Crippen LogP contribution in [0.3, 0.4) is 0 Å². The van der Waals surface area contributed by atoms with Crippen molar-refractivity contribution in [2.45, 2.75) is 6.54 Å². The van der Waals surface area contributed by atoms with Gasteiger partial charge in [0.15, 0.2) is 5.84 Å². The predicted molar refractivity (Wildman–Crippen MR) is 221 cm³/mol. The van der Waals surface area contributed by atoms with Gasteiger partial charge in [-0.3, -0.25) is 4.99 Å². The highest BCUT2D eigenvalue weighted by Crippen LogP contribution is 2.35. The van der Waals surface area contributed by atoms with Crippen LogP contribution in [0.1, 0.15) is 23.5 Å². The second-order valence-corrected chi connectivity index (χ2v) is 12.8. The molecule has 0 aliphatic carbocycles. The van der Waals surface area contributed by atoms with E-state index in [4.69, 9.17) is 27.0 Å². The molecule has 8 aromatic carbocycles. The van der Waals surface area contributed by atoms with Gasteiger partial charge >= 0.3 is 0 Å². The van der Waals surface area contributed by atoms with Crippen LogP contribution >= 0.6 is 0 Å². The minimum atomic E-state index is -0.443. The van der Waals surface area contributed by atoms with E-state index >= 15 is 0 Å². The van der Waals surface area contributed by atoms with Crippen molar-refractivity contribution in [1.82, 2.24) is 0 Å². The second kappa shape index (κ2) is 13.9. The van der Waals surface area contributed by atoms with Crippen molar-refractivity contribution >= 4 is 44.4 Å². The van der Waals surface area contributed by atoms with Crippen molar-refractivity contribution in [3.63, 3.8) is 0 Å². The van der Waals surface area contributed by atoms with E-state index in [-0.39, 0.29) is 30.0 Å². The van der Waals surface area contributed by atoms with Gasteiger partial charge in [-0.25, -0.2) is 4.99 Å². The molecule has 252 valence electrons. The maximum absolute atomic E-state index is 8.80. The number of rotatable bonds is 7. The van der Waals surface area contributed by atoms with Crippen LogP contribution in [0.2, 0.25) is 0 Å². The molecule has 0 bridgehead atoms. The van der Waals surface area contributed by atoms with Crippen LogP contribution in [0.4, 0.5) is 0 Å². The van der Waals surface area contributed by atoms with E-state index in [2.05, 4.69) is 30.3 Å². The number of aliphatic imine (C=N–C) groups is 2. The largest absolute Gasteiger partial charge is 0.456 e. The summed E-state index contributed by atoms with van der Waals surface area (Å²) >= 11 is 0. The first-order valence-corrected chi connectivity index (χ1v) is 17.4. The minimum Gasteiger partial charge on any atom is -0.456 e. The molecular weight excluding hydrogens is 647 g/mol. The number of para-hydroxylation sites is 1. The van der Waals surface area contributed by atoms with Gasteiger partial charge in [0.1, 0.15) is 17.0 Å². The average Bonchev–Trinajstić information content (AvgIpc) is 3.66. The predicted octanol–water partition coefficient (Wildman–Crippen LogP) is 12.1. The first-order valence-electron chi connectivity index (χ1n) is 19.9. The minimum absolute atomic E-state index is 0.114. The third-order valence-corrected chi connectivity index (χ3v) is 9.53. The van der Waals surface area contributed by atoms with Crippen molar-refractivity contribution in [2.75, 3.05) is 0 Å². The summed E-state index contributed by atoms with van der Waals surface area (Å²) in [7, 11) is 0. The van der Waals surface area contributed by atoms with E-state index < -0.39 is 18.1 Å². The molecule has 9 rings (SSSR count). The fourth-order valence-electron chi connectivity index (χ4n) is 6.95. The zero-order valence-electron chi connectivity index (χ0n) is 33.6. The Morgan fingerprint density at radius 3 is 2.08 bits per heavy atom. The monoisotopic (exact) mass is 686 g/mol. The third kappa shape index (κ3) is 6.28. The molecule has 0 atom stereocenters. The Hall–Kier alpha value is -7.04. The van der Waals surface area contributed by atoms with Gasteiger partial charge in [0.05, 0.1) is 13.4 Å². The first kappa shape index (κ1) is 26.7. The molecule has 1 heterocycles. The van der Waals surface area contributed by atoms with Crippen LogP contribution in [-0.4, -0.2) is 11.7 Å². The molecule has 1 aromatic heterocycles. The Balaban J connectivity index is 1.19. The summed E-state index contributed by atoms with van der Waals surface area (Å²) in [6.45, 7) is 0.262. The molecule has 2 N–H and O–H groups in total. The van der Waals surface area contributed by atoms with E-state index in [1.165, 1.54) is 0 Å². The molecule has 0 fully saturated rings. The van der Waals surface area contributed by atoms with E-state index in [0.29, 0.717) is 22.5 Å². The zero-order chi connectivity index (χ0) is 39.9. The molecule has 4 nitrogen and oxygen atoms in total. The van der Waals surface area contributed by atoms with Crippen molar-refractivity contribution in [1.29, 1.82) is 0 Å². The molecule has 4 heteroatoms. The standard InChI is InChI=1S/C49H35N3O/c50-48(37-27-25-36(26-28-37)41-22-11-18-34-17-7-8-20-40(34)41)52-49(51-32-39-19-12-24-46-47(39)43-21-9-10-23-45(43)53-46)38-29-30-42(33-13-3-1-4-14-33)44(31-38)35-15-5-2-6-16-35/h1-31H,32H2,(H2,50,51,52)/i1D,3D,4D,13D,14D. The Morgan fingerprint density at radius 2 is 1.23 bits per heavy atom. The van der Waals surface area contributed by atoms with E-state index in [1.54, 1.807) is 6.07 Å². The lowest BCUT2D eigenvalue weighted by Crippen LogP contribution is -2.16. The highest BCUT2D eigenvalue weighted by molar-refractivity contribution is 6.12. The summed E-state index contributed by atoms with van der Waals surface area (Å²) in [5.74, 6) is 0.636. The third-order valence-electron chi connectivity index (χ3n) is 9.53. The number of nitrogens with zero attached hydrogens (tertiary/aromatic N) is 2. The lowest BCUT2D eigenvalue weighted by molar-refractivity contribution is 0.668. The number of benzene rings is 8. The Bertz CT molecular complexity index is 3070. The highest BCUT2D eigenvalue weighted by atomic mass is 16.3. The maximum atomic E-state index is 8.80. The molecule has 9 aromatic rings. The van der Waals surface area contributed by atoms with Crippen LogP contribution in [0.25, 0.3) is 66.1 Å². The van der Waals surface area contributed by atoms with Crippen molar-refractivity contribution in [2.24, 2.45) is 15.7 Å². The smallest absolute Gasteiger partial charge is 0.157 e. The molecule has 0 spiro atoms. The molecule has 0 aliphatic heterocycles. The molecule has 0 amide bonds. The molecule has 0 aliphatic rings. The molecule has 53 heavy (non-hydrogen) atoms. The number of hydrogen-bond acceptors (Lipinski definition) is 2. The lowest BCUT2D eigenvalue weighted by Gasteiger charge is -2.14. The van der Waals surface area contributed by atoms with Gasteiger partial charge in [0.25, 0.3) is 0 Å². The summed E-state index contributed by atoms with van der Waals surface area (Å²) in [5, 5.41) is 4.30. The van der Waals surface area contributed by atoms with Gasteiger partial charge in [-0.15, -0.1) is 0 Å². The van der Waals surface area contributed by atoms with Crippen molar-refractivity contribution < 1.29 is 11.3 Å². The van der Waals surface area contributed by atoms with Crippen LogP contribution in [0, 0.1) is 0 Å². The SMILES string of the molecule is [2H]c1c([2H])c([2H])c(-c2ccc(C(N=C(N)c3ccc(-c4cccc5ccccc45)cc3)=NCc3cccc4oc5ccccc5c34)cc2-c2ccccc2)c([2H])c1[2H]. The summed E-state index contributed by atoms with van der Waals surface area (Å²) in [6, 6.07) is 49.7. The average molecular weight is 687 g/mol. The second-order valence-electron chi connectivity index (χ2n) is 12.8. The highest BCUT2D eigenvalue weighted by Gasteiger charge is 2.15. The maximum Gasteiger partial charge on any atom is 0.157 e. The number of amidine groups is 2. The van der Waals surface area contributed by atoms with E-state index in [0.717, 1.165) is 60.5 Å². The topological polar surface area (TPSA) is 63.9 Å². The normalized spacial score (nSPS) is 13.5. The van der Waals surface area contributed by atoms with Gasteiger partial charge in [-0.05, 0) is 67.9 Å². The van der Waals surface area contributed by atoms with E-state index in [1.807, 2.05) is 121 Å². The Morgan fingerprint density at radius 1 is 0.547 bits per heavy atom. The number of nitrogens with two attached hydrogens (primary N) is 1. The molecule has 0 saturated carbocycles. The van der Waals surface area contributed by atoms with Crippen LogP contribution in [0.5, 0.6) is 0 Å².